The highest BCUT2D eigenvalue weighted by molar-refractivity contribution is 5.91. The van der Waals surface area contributed by atoms with Gasteiger partial charge in [0.05, 0.1) is 6.10 Å². The van der Waals surface area contributed by atoms with Crippen LogP contribution in [0.15, 0.2) is 12.2 Å². The van der Waals surface area contributed by atoms with Crippen LogP contribution in [-0.4, -0.2) is 12.1 Å². The Morgan fingerprint density at radius 3 is 2.50 bits per heavy atom. The molecule has 0 unspecified atom stereocenters. The first-order chi connectivity index (χ1) is 4.57. The van der Waals surface area contributed by atoms with Gasteiger partial charge in [-0.15, -0.1) is 0 Å². The highest BCUT2D eigenvalue weighted by Crippen LogP contribution is 1.95. The zero-order valence-electron chi connectivity index (χ0n) is 6.05. The van der Waals surface area contributed by atoms with Gasteiger partial charge in [0, 0.05) is 0 Å². The van der Waals surface area contributed by atoms with Crippen LogP contribution in [0.1, 0.15) is 13.8 Å². The molecule has 0 aliphatic rings. The van der Waals surface area contributed by atoms with E-state index in [1.165, 1.54) is 0 Å². The summed E-state index contributed by atoms with van der Waals surface area (Å²) in [4.78, 5) is 10.6. The van der Waals surface area contributed by atoms with E-state index in [-0.39, 0.29) is 11.7 Å². The molecule has 0 saturated heterocycles. The molecular weight excluding hydrogens is 130 g/mol. The molecular formula is C7H9NO2. The summed E-state index contributed by atoms with van der Waals surface area (Å²) in [5.74, 6) is -0.641. The number of hydrogen-bond donors (Lipinski definition) is 0. The molecule has 0 heterocycles. The average Bonchev–Trinajstić information content (AvgIpc) is 1.85. The Bertz CT molecular complexity index is 188. The van der Waals surface area contributed by atoms with E-state index in [1.807, 2.05) is 0 Å². The number of nitriles is 1. The first-order valence-electron chi connectivity index (χ1n) is 2.88. The van der Waals surface area contributed by atoms with Crippen molar-refractivity contribution in [1.29, 1.82) is 5.26 Å². The van der Waals surface area contributed by atoms with Crippen molar-refractivity contribution in [3.8, 4) is 6.07 Å². The predicted octanol–water partition coefficient (Wildman–Crippen LogP) is 1.02. The lowest BCUT2D eigenvalue weighted by Crippen LogP contribution is -2.11. The molecule has 0 fully saturated rings. The SMILES string of the molecule is C=C(C#N)C(=O)OC(C)C. The monoisotopic (exact) mass is 139 g/mol. The molecule has 0 atom stereocenters. The van der Waals surface area contributed by atoms with Crippen LogP contribution >= 0.6 is 0 Å². The Balaban J connectivity index is 3.89. The van der Waals surface area contributed by atoms with Crippen LogP contribution in [-0.2, 0) is 9.53 Å². The van der Waals surface area contributed by atoms with Gasteiger partial charge >= 0.3 is 5.97 Å². The summed E-state index contributed by atoms with van der Waals surface area (Å²) in [6, 6.07) is 1.60. The zero-order chi connectivity index (χ0) is 8.15. The van der Waals surface area contributed by atoms with E-state index in [1.54, 1.807) is 19.9 Å². The topological polar surface area (TPSA) is 50.1 Å². The maximum Gasteiger partial charge on any atom is 0.348 e. The standard InChI is InChI=1S/C7H9NO2/c1-5(2)10-7(9)6(3)4-8/h5H,3H2,1-2H3. The van der Waals surface area contributed by atoms with E-state index in [2.05, 4.69) is 11.3 Å². The Morgan fingerprint density at radius 1 is 1.70 bits per heavy atom. The van der Waals surface area contributed by atoms with Gasteiger partial charge in [-0.3, -0.25) is 0 Å². The molecule has 10 heavy (non-hydrogen) atoms. The Hall–Kier alpha value is -1.30. The van der Waals surface area contributed by atoms with Gasteiger partial charge in [-0.25, -0.2) is 4.79 Å². The van der Waals surface area contributed by atoms with E-state index in [4.69, 9.17) is 5.26 Å². The maximum absolute atomic E-state index is 10.6. The van der Waals surface area contributed by atoms with Gasteiger partial charge in [0.25, 0.3) is 0 Å². The smallest absolute Gasteiger partial charge is 0.348 e. The van der Waals surface area contributed by atoms with Crippen molar-refractivity contribution >= 4 is 5.97 Å². The lowest BCUT2D eigenvalue weighted by atomic mass is 10.3. The van der Waals surface area contributed by atoms with Crippen molar-refractivity contribution in [1.82, 2.24) is 0 Å². The molecule has 0 aromatic heterocycles. The van der Waals surface area contributed by atoms with E-state index >= 15 is 0 Å². The maximum atomic E-state index is 10.6. The van der Waals surface area contributed by atoms with E-state index < -0.39 is 5.97 Å². The van der Waals surface area contributed by atoms with Gasteiger partial charge in [-0.2, -0.15) is 5.26 Å². The summed E-state index contributed by atoms with van der Waals surface area (Å²) in [7, 11) is 0. The number of carbonyl (C=O) groups is 1. The molecule has 0 N–H and O–H groups in total. The lowest BCUT2D eigenvalue weighted by molar-refractivity contribution is -0.142. The van der Waals surface area contributed by atoms with Gasteiger partial charge in [0.2, 0.25) is 0 Å². The second-order valence-corrected chi connectivity index (χ2v) is 2.04. The molecule has 0 bridgehead atoms. The molecule has 0 saturated carbocycles. The normalized spacial score (nSPS) is 8.60. The average molecular weight is 139 g/mol. The molecule has 0 aliphatic carbocycles. The molecule has 0 aromatic rings. The van der Waals surface area contributed by atoms with Crippen molar-refractivity contribution in [2.45, 2.75) is 20.0 Å². The summed E-state index contributed by atoms with van der Waals surface area (Å²) in [5.41, 5.74) is -0.159. The van der Waals surface area contributed by atoms with Crippen molar-refractivity contribution in [2.75, 3.05) is 0 Å². The molecule has 0 rings (SSSR count). The minimum atomic E-state index is -0.641. The van der Waals surface area contributed by atoms with Crippen LogP contribution in [0, 0.1) is 11.3 Å². The number of carbonyl (C=O) groups excluding carboxylic acids is 1. The van der Waals surface area contributed by atoms with Crippen molar-refractivity contribution in [2.24, 2.45) is 0 Å². The summed E-state index contributed by atoms with van der Waals surface area (Å²) in [5, 5.41) is 8.17. The van der Waals surface area contributed by atoms with E-state index in [0.717, 1.165) is 0 Å². The second-order valence-electron chi connectivity index (χ2n) is 2.04. The zero-order valence-corrected chi connectivity index (χ0v) is 6.05. The van der Waals surface area contributed by atoms with Crippen molar-refractivity contribution < 1.29 is 9.53 Å². The number of ether oxygens (including phenoxy) is 1. The molecule has 0 aliphatic heterocycles. The third-order valence-corrected chi connectivity index (χ3v) is 0.724. The number of nitrogens with zero attached hydrogens (tertiary/aromatic N) is 1. The highest BCUT2D eigenvalue weighted by atomic mass is 16.5. The molecule has 0 radical (unpaired) electrons. The second kappa shape index (κ2) is 3.67. The Kier molecular flexibility index (Phi) is 3.20. The Labute approximate surface area is 59.9 Å². The van der Waals surface area contributed by atoms with Crippen molar-refractivity contribution in [3.05, 3.63) is 12.2 Å². The summed E-state index contributed by atoms with van der Waals surface area (Å²) in [6.07, 6.45) is -0.197. The third kappa shape index (κ3) is 2.88. The molecule has 0 spiro atoms. The first-order valence-corrected chi connectivity index (χ1v) is 2.88. The fourth-order valence-electron chi connectivity index (χ4n) is 0.331. The quantitative estimate of drug-likeness (QED) is 0.326. The fraction of sp³-hybridized carbons (Fsp3) is 0.429. The summed E-state index contributed by atoms with van der Waals surface area (Å²) >= 11 is 0. The highest BCUT2D eigenvalue weighted by Gasteiger charge is 2.08. The molecule has 0 amide bonds. The fourth-order valence-corrected chi connectivity index (χ4v) is 0.331. The Morgan fingerprint density at radius 2 is 2.20 bits per heavy atom. The van der Waals surface area contributed by atoms with Crippen LogP contribution in [0.3, 0.4) is 0 Å². The van der Waals surface area contributed by atoms with Crippen LogP contribution in [0.5, 0.6) is 0 Å². The van der Waals surface area contributed by atoms with E-state index in [9.17, 15) is 4.79 Å². The van der Waals surface area contributed by atoms with E-state index in [0.29, 0.717) is 0 Å². The first kappa shape index (κ1) is 8.70. The molecule has 3 heteroatoms. The largest absolute Gasteiger partial charge is 0.459 e. The summed E-state index contributed by atoms with van der Waals surface area (Å²) < 4.78 is 4.64. The van der Waals surface area contributed by atoms with Gasteiger partial charge in [0.15, 0.2) is 0 Å². The molecule has 0 aromatic carbocycles. The van der Waals surface area contributed by atoms with Gasteiger partial charge in [-0.1, -0.05) is 6.58 Å². The number of hydrogen-bond acceptors (Lipinski definition) is 3. The van der Waals surface area contributed by atoms with Crippen LogP contribution < -0.4 is 0 Å². The molecule has 54 valence electrons. The van der Waals surface area contributed by atoms with Gasteiger partial charge in [0.1, 0.15) is 11.6 Å². The number of esters is 1. The number of rotatable bonds is 2. The van der Waals surface area contributed by atoms with Gasteiger partial charge < -0.3 is 4.74 Å². The third-order valence-electron chi connectivity index (χ3n) is 0.724. The predicted molar refractivity (Wildman–Crippen MR) is 36.0 cm³/mol. The molecule has 3 nitrogen and oxygen atoms in total. The minimum absolute atomic E-state index is 0.159. The lowest BCUT2D eigenvalue weighted by Gasteiger charge is -2.04. The van der Waals surface area contributed by atoms with Crippen LogP contribution in [0.25, 0.3) is 0 Å². The minimum Gasteiger partial charge on any atom is -0.459 e. The van der Waals surface area contributed by atoms with Crippen molar-refractivity contribution in [3.63, 3.8) is 0 Å². The van der Waals surface area contributed by atoms with Crippen LogP contribution in [0.4, 0.5) is 0 Å². The van der Waals surface area contributed by atoms with Crippen LogP contribution in [0.2, 0.25) is 0 Å². The summed E-state index contributed by atoms with van der Waals surface area (Å²) in [6.45, 7) is 6.61. The van der Waals surface area contributed by atoms with Gasteiger partial charge in [-0.05, 0) is 13.8 Å².